The minimum absolute atomic E-state index is 0.0324. The number of ether oxygens (including phenoxy) is 1. The number of esters is 1. The van der Waals surface area contributed by atoms with Crippen molar-refractivity contribution in [2.75, 3.05) is 0 Å². The largest absolute Gasteiger partial charge is 0.462 e. The van der Waals surface area contributed by atoms with E-state index in [1.165, 1.54) is 0 Å². The quantitative estimate of drug-likeness (QED) is 0.563. The second-order valence-corrected chi connectivity index (χ2v) is 3.27. The third-order valence-electron chi connectivity index (χ3n) is 1.61. The number of hydrogen-bond donors (Lipinski definition) is 0. The Bertz CT molecular complexity index is 152. The molecule has 1 aliphatic heterocycles. The highest BCUT2D eigenvalue weighted by Crippen LogP contribution is 2.25. The fourth-order valence-electron chi connectivity index (χ4n) is 1.12. The molecule has 1 atom stereocenters. The molecule has 2 nitrogen and oxygen atoms in total. The molecule has 0 aromatic carbocycles. The second kappa shape index (κ2) is 3.24. The summed E-state index contributed by atoms with van der Waals surface area (Å²) in [7, 11) is 0. The molecule has 11 heavy (non-hydrogen) atoms. The monoisotopic (exact) mass is 153 g/mol. The van der Waals surface area contributed by atoms with Gasteiger partial charge in [0.2, 0.25) is 0 Å². The van der Waals surface area contributed by atoms with Crippen LogP contribution in [0.5, 0.6) is 0 Å². The molecule has 1 unspecified atom stereocenters. The standard InChI is InChI=1S/C9H13O2/c1-6(2)4-8-5-7(3)9(10)11-8/h5-6,8H,3-4H2,1-2H3. The minimum atomic E-state index is -0.268. The summed E-state index contributed by atoms with van der Waals surface area (Å²) >= 11 is 0. The van der Waals surface area contributed by atoms with Crippen molar-refractivity contribution in [1.29, 1.82) is 0 Å². The summed E-state index contributed by atoms with van der Waals surface area (Å²) in [5.74, 6) is 0.779. The van der Waals surface area contributed by atoms with Gasteiger partial charge in [0.25, 0.3) is 0 Å². The first-order chi connectivity index (χ1) is 5.09. The molecule has 1 fully saturated rings. The summed E-state index contributed by atoms with van der Waals surface area (Å²) < 4.78 is 4.99. The molecular weight excluding hydrogens is 140 g/mol. The van der Waals surface area contributed by atoms with E-state index in [9.17, 15) is 4.79 Å². The van der Waals surface area contributed by atoms with Crippen LogP contribution in [0.1, 0.15) is 20.3 Å². The molecule has 61 valence electrons. The number of cyclic esters (lactones) is 1. The SMILES string of the molecule is [CH2][C]1[CH]C(CC(C)C)OC1=O. The smallest absolute Gasteiger partial charge is 0.313 e. The summed E-state index contributed by atoms with van der Waals surface area (Å²) in [5, 5.41) is 0. The van der Waals surface area contributed by atoms with Crippen molar-refractivity contribution in [3.8, 4) is 0 Å². The van der Waals surface area contributed by atoms with Crippen molar-refractivity contribution in [3.05, 3.63) is 19.3 Å². The van der Waals surface area contributed by atoms with Gasteiger partial charge in [-0.15, -0.1) is 0 Å². The lowest BCUT2D eigenvalue weighted by atomic mass is 10.0. The Hall–Kier alpha value is -0.530. The Morgan fingerprint density at radius 2 is 2.36 bits per heavy atom. The first-order valence-corrected chi connectivity index (χ1v) is 3.84. The predicted molar refractivity (Wildman–Crippen MR) is 42.2 cm³/mol. The van der Waals surface area contributed by atoms with Crippen molar-refractivity contribution in [1.82, 2.24) is 0 Å². The fourth-order valence-corrected chi connectivity index (χ4v) is 1.12. The summed E-state index contributed by atoms with van der Waals surface area (Å²) in [6, 6.07) is 0. The number of rotatable bonds is 2. The van der Waals surface area contributed by atoms with Crippen LogP contribution in [0.25, 0.3) is 0 Å². The lowest BCUT2D eigenvalue weighted by molar-refractivity contribution is -0.140. The van der Waals surface area contributed by atoms with E-state index in [2.05, 4.69) is 20.8 Å². The average molecular weight is 153 g/mol. The zero-order chi connectivity index (χ0) is 8.43. The molecule has 0 bridgehead atoms. The number of carbonyl (C=O) groups excluding carboxylic acids is 1. The van der Waals surface area contributed by atoms with Crippen LogP contribution in [0.15, 0.2) is 0 Å². The molecular formula is C9H13O2. The summed E-state index contributed by atoms with van der Waals surface area (Å²) in [4.78, 5) is 10.8. The van der Waals surface area contributed by atoms with Crippen LogP contribution in [0.3, 0.4) is 0 Å². The van der Waals surface area contributed by atoms with E-state index in [0.29, 0.717) is 11.8 Å². The van der Waals surface area contributed by atoms with Crippen molar-refractivity contribution < 1.29 is 9.53 Å². The van der Waals surface area contributed by atoms with Crippen molar-refractivity contribution >= 4 is 5.97 Å². The van der Waals surface area contributed by atoms with Gasteiger partial charge >= 0.3 is 5.97 Å². The van der Waals surface area contributed by atoms with Crippen LogP contribution < -0.4 is 0 Å². The first-order valence-electron chi connectivity index (χ1n) is 3.84. The Labute approximate surface area is 67.9 Å². The molecule has 0 aromatic rings. The highest BCUT2D eigenvalue weighted by molar-refractivity contribution is 5.90. The van der Waals surface area contributed by atoms with Gasteiger partial charge in [-0.1, -0.05) is 13.8 Å². The van der Waals surface area contributed by atoms with Gasteiger partial charge < -0.3 is 4.74 Å². The van der Waals surface area contributed by atoms with E-state index in [0.717, 1.165) is 6.42 Å². The molecule has 0 amide bonds. The molecule has 0 aromatic heterocycles. The van der Waals surface area contributed by atoms with Gasteiger partial charge in [0.05, 0.1) is 5.92 Å². The minimum Gasteiger partial charge on any atom is -0.462 e. The van der Waals surface area contributed by atoms with Gasteiger partial charge in [-0.25, -0.2) is 0 Å². The van der Waals surface area contributed by atoms with Crippen LogP contribution in [0, 0.1) is 25.2 Å². The van der Waals surface area contributed by atoms with Crippen LogP contribution in [0.4, 0.5) is 0 Å². The van der Waals surface area contributed by atoms with E-state index in [-0.39, 0.29) is 12.1 Å². The van der Waals surface area contributed by atoms with E-state index >= 15 is 0 Å². The molecule has 1 heterocycles. The van der Waals surface area contributed by atoms with Crippen LogP contribution in [0.2, 0.25) is 0 Å². The molecule has 0 N–H and O–H groups in total. The highest BCUT2D eigenvalue weighted by atomic mass is 16.5. The Kier molecular flexibility index (Phi) is 2.53. The van der Waals surface area contributed by atoms with E-state index in [1.54, 1.807) is 6.42 Å². The van der Waals surface area contributed by atoms with Crippen molar-refractivity contribution in [2.45, 2.75) is 26.4 Å². The number of carbonyl (C=O) groups is 1. The molecule has 1 saturated heterocycles. The zero-order valence-electron chi connectivity index (χ0n) is 6.96. The van der Waals surface area contributed by atoms with Crippen LogP contribution >= 0.6 is 0 Å². The van der Waals surface area contributed by atoms with Crippen molar-refractivity contribution in [2.24, 2.45) is 5.92 Å². The molecule has 0 aliphatic carbocycles. The second-order valence-electron chi connectivity index (χ2n) is 3.27. The van der Waals surface area contributed by atoms with Gasteiger partial charge in [0, 0.05) is 6.42 Å². The third kappa shape index (κ3) is 2.21. The van der Waals surface area contributed by atoms with E-state index in [1.807, 2.05) is 0 Å². The molecule has 1 aliphatic rings. The molecule has 0 saturated carbocycles. The molecule has 3 radical (unpaired) electrons. The van der Waals surface area contributed by atoms with Gasteiger partial charge in [0.1, 0.15) is 6.10 Å². The normalized spacial score (nSPS) is 26.2. The van der Waals surface area contributed by atoms with Gasteiger partial charge in [-0.05, 0) is 19.3 Å². The Morgan fingerprint density at radius 3 is 2.73 bits per heavy atom. The maximum absolute atomic E-state index is 10.8. The Morgan fingerprint density at radius 1 is 1.73 bits per heavy atom. The summed E-state index contributed by atoms with van der Waals surface area (Å²) in [6.45, 7) is 7.76. The molecule has 0 spiro atoms. The van der Waals surface area contributed by atoms with Gasteiger partial charge in [0.15, 0.2) is 0 Å². The Balaban J connectivity index is 2.35. The van der Waals surface area contributed by atoms with E-state index in [4.69, 9.17) is 4.74 Å². The lowest BCUT2D eigenvalue weighted by Crippen LogP contribution is -2.09. The first kappa shape index (κ1) is 8.57. The maximum Gasteiger partial charge on any atom is 0.313 e. The predicted octanol–water partition coefficient (Wildman–Crippen LogP) is 1.57. The summed E-state index contributed by atoms with van der Waals surface area (Å²) in [6.07, 6.45) is 2.66. The number of hydrogen-bond acceptors (Lipinski definition) is 2. The van der Waals surface area contributed by atoms with Gasteiger partial charge in [-0.3, -0.25) is 4.79 Å². The van der Waals surface area contributed by atoms with E-state index < -0.39 is 0 Å². The lowest BCUT2D eigenvalue weighted by Gasteiger charge is -2.10. The maximum atomic E-state index is 10.8. The topological polar surface area (TPSA) is 26.3 Å². The van der Waals surface area contributed by atoms with Crippen molar-refractivity contribution in [3.63, 3.8) is 0 Å². The highest BCUT2D eigenvalue weighted by Gasteiger charge is 2.32. The molecule has 2 heteroatoms. The third-order valence-corrected chi connectivity index (χ3v) is 1.61. The summed E-state index contributed by atoms with van der Waals surface area (Å²) in [5.41, 5.74) is 0. The molecule has 1 rings (SSSR count). The van der Waals surface area contributed by atoms with Gasteiger partial charge in [-0.2, -0.15) is 0 Å². The van der Waals surface area contributed by atoms with Crippen LogP contribution in [-0.2, 0) is 9.53 Å². The average Bonchev–Trinajstić information content (AvgIpc) is 2.10. The van der Waals surface area contributed by atoms with Crippen LogP contribution in [-0.4, -0.2) is 12.1 Å². The fraction of sp³-hybridized carbons (Fsp3) is 0.556. The zero-order valence-corrected chi connectivity index (χ0v) is 6.96.